The van der Waals surface area contributed by atoms with Crippen LogP contribution in [0.1, 0.15) is 24.5 Å². The summed E-state index contributed by atoms with van der Waals surface area (Å²) in [6, 6.07) is 4.17. The molecule has 2 rings (SSSR count). The third-order valence-corrected chi connectivity index (χ3v) is 4.82. The van der Waals surface area contributed by atoms with Gasteiger partial charge in [0.1, 0.15) is 11.5 Å². The predicted molar refractivity (Wildman–Crippen MR) is 68.7 cm³/mol. The normalized spacial score (nSPS) is 23.8. The Morgan fingerprint density at radius 1 is 1.25 bits per heavy atom. The average Bonchev–Trinajstić information content (AvgIpc) is 2.25. The van der Waals surface area contributed by atoms with Crippen LogP contribution < -0.4 is 9.47 Å². The van der Waals surface area contributed by atoms with Gasteiger partial charge in [0, 0.05) is 15.9 Å². The Bertz CT molecular complexity index is 397. The fraction of sp³-hybridized carbons (Fsp3) is 0.538. The molecule has 0 amide bonds. The molecule has 0 spiro atoms. The lowest BCUT2D eigenvalue weighted by molar-refractivity contribution is 0.380. The summed E-state index contributed by atoms with van der Waals surface area (Å²) in [5, 5.41) is 0. The van der Waals surface area contributed by atoms with Gasteiger partial charge in [0.25, 0.3) is 0 Å². The molecule has 2 nitrogen and oxygen atoms in total. The molecule has 0 saturated carbocycles. The van der Waals surface area contributed by atoms with Crippen LogP contribution in [0, 0.1) is 6.92 Å². The third-order valence-electron chi connectivity index (χ3n) is 3.35. The van der Waals surface area contributed by atoms with E-state index >= 15 is 0 Å². The Labute approximate surface area is 101 Å². The van der Waals surface area contributed by atoms with Crippen molar-refractivity contribution >= 4 is 11.8 Å². The van der Waals surface area contributed by atoms with Crippen LogP contribution >= 0.6 is 11.8 Å². The van der Waals surface area contributed by atoms with E-state index in [2.05, 4.69) is 13.0 Å². The van der Waals surface area contributed by atoms with Gasteiger partial charge >= 0.3 is 0 Å². The molecule has 0 aromatic heterocycles. The van der Waals surface area contributed by atoms with E-state index in [1.54, 1.807) is 14.2 Å². The van der Waals surface area contributed by atoms with Crippen molar-refractivity contribution in [2.75, 3.05) is 20.0 Å². The second kappa shape index (κ2) is 4.21. The van der Waals surface area contributed by atoms with Crippen LogP contribution in [0.15, 0.2) is 12.1 Å². The van der Waals surface area contributed by atoms with Gasteiger partial charge in [0.05, 0.1) is 14.2 Å². The van der Waals surface area contributed by atoms with E-state index in [0.29, 0.717) is 0 Å². The fourth-order valence-electron chi connectivity index (χ4n) is 2.19. The fourth-order valence-corrected chi connectivity index (χ4v) is 3.33. The van der Waals surface area contributed by atoms with Crippen LogP contribution in [0.25, 0.3) is 0 Å². The highest BCUT2D eigenvalue weighted by atomic mass is 32.2. The Kier molecular flexibility index (Phi) is 3.06. The molecule has 1 heterocycles. The summed E-state index contributed by atoms with van der Waals surface area (Å²) < 4.78 is 11.1. The Balaban J connectivity index is 2.50. The first-order valence-corrected chi connectivity index (χ1v) is 6.47. The molecule has 1 saturated heterocycles. The minimum Gasteiger partial charge on any atom is -0.496 e. The first-order chi connectivity index (χ1) is 7.62. The summed E-state index contributed by atoms with van der Waals surface area (Å²) in [7, 11) is 3.43. The first-order valence-electron chi connectivity index (χ1n) is 5.48. The molecule has 1 aromatic rings. The van der Waals surface area contributed by atoms with Crippen molar-refractivity contribution in [2.45, 2.75) is 25.0 Å². The maximum Gasteiger partial charge on any atom is 0.130 e. The van der Waals surface area contributed by atoms with E-state index in [1.165, 1.54) is 17.7 Å². The zero-order valence-electron chi connectivity index (χ0n) is 10.3. The number of benzene rings is 1. The molecule has 1 unspecified atom stereocenters. The molecular formula is C13H18O2S. The second-order valence-electron chi connectivity index (χ2n) is 4.30. The third kappa shape index (κ3) is 1.67. The number of rotatable bonds is 3. The Morgan fingerprint density at radius 3 is 2.38 bits per heavy atom. The van der Waals surface area contributed by atoms with Gasteiger partial charge in [0.2, 0.25) is 0 Å². The molecular weight excluding hydrogens is 220 g/mol. The number of thioether (sulfide) groups is 1. The van der Waals surface area contributed by atoms with Crippen molar-refractivity contribution in [1.82, 2.24) is 0 Å². The minimum absolute atomic E-state index is 0.225. The molecule has 1 fully saturated rings. The van der Waals surface area contributed by atoms with E-state index in [4.69, 9.17) is 9.47 Å². The van der Waals surface area contributed by atoms with Crippen molar-refractivity contribution in [3.63, 3.8) is 0 Å². The largest absolute Gasteiger partial charge is 0.496 e. The predicted octanol–water partition coefficient (Wildman–Crippen LogP) is 3.36. The summed E-state index contributed by atoms with van der Waals surface area (Å²) in [6.07, 6.45) is 1.22. The lowest BCUT2D eigenvalue weighted by atomic mass is 9.93. The Morgan fingerprint density at radius 2 is 1.94 bits per heavy atom. The van der Waals surface area contributed by atoms with Crippen molar-refractivity contribution in [3.05, 3.63) is 23.3 Å². The quantitative estimate of drug-likeness (QED) is 0.804. The molecule has 3 heteroatoms. The number of hydrogen-bond donors (Lipinski definition) is 0. The van der Waals surface area contributed by atoms with Gasteiger partial charge in [0.15, 0.2) is 0 Å². The summed E-state index contributed by atoms with van der Waals surface area (Å²) >= 11 is 1.99. The van der Waals surface area contributed by atoms with Gasteiger partial charge in [-0.15, -0.1) is 0 Å². The zero-order chi connectivity index (χ0) is 11.8. The van der Waals surface area contributed by atoms with Crippen molar-refractivity contribution in [3.8, 4) is 11.5 Å². The molecule has 1 aromatic carbocycles. The highest BCUT2D eigenvalue weighted by molar-refractivity contribution is 8.01. The smallest absolute Gasteiger partial charge is 0.130 e. The SMILES string of the molecule is COc1ccc(C2(C)CCS2)c(OC)c1C. The number of methoxy groups -OCH3 is 2. The second-order valence-corrected chi connectivity index (χ2v) is 5.90. The zero-order valence-corrected chi connectivity index (χ0v) is 11.1. The van der Waals surface area contributed by atoms with Gasteiger partial charge in [-0.25, -0.2) is 0 Å². The van der Waals surface area contributed by atoms with E-state index in [0.717, 1.165) is 17.1 Å². The summed E-state index contributed by atoms with van der Waals surface area (Å²) in [6.45, 7) is 4.33. The maximum absolute atomic E-state index is 5.55. The topological polar surface area (TPSA) is 18.5 Å². The molecule has 1 aliphatic rings. The van der Waals surface area contributed by atoms with Crippen LogP contribution in [0.3, 0.4) is 0 Å². The maximum atomic E-state index is 5.55. The van der Waals surface area contributed by atoms with Gasteiger partial charge < -0.3 is 9.47 Å². The molecule has 1 atom stereocenters. The van der Waals surface area contributed by atoms with E-state index in [-0.39, 0.29) is 4.75 Å². The van der Waals surface area contributed by atoms with Gasteiger partial charge in [-0.2, -0.15) is 11.8 Å². The molecule has 0 aliphatic carbocycles. The number of ether oxygens (including phenoxy) is 2. The van der Waals surface area contributed by atoms with Crippen LogP contribution in [0.4, 0.5) is 0 Å². The van der Waals surface area contributed by atoms with Gasteiger partial charge in [-0.3, -0.25) is 0 Å². The van der Waals surface area contributed by atoms with Gasteiger partial charge in [-0.05, 0) is 32.1 Å². The van der Waals surface area contributed by atoms with E-state index in [9.17, 15) is 0 Å². The standard InChI is InChI=1S/C13H18O2S/c1-9-11(14-3)6-5-10(12(9)15-4)13(2)7-8-16-13/h5-6H,7-8H2,1-4H3. The first kappa shape index (κ1) is 11.6. The summed E-state index contributed by atoms with van der Waals surface area (Å²) in [5.74, 6) is 3.12. The molecule has 1 aliphatic heterocycles. The lowest BCUT2D eigenvalue weighted by Gasteiger charge is -2.39. The highest BCUT2D eigenvalue weighted by Crippen LogP contribution is 2.52. The van der Waals surface area contributed by atoms with Crippen molar-refractivity contribution in [1.29, 1.82) is 0 Å². The Hall–Kier alpha value is -0.830. The summed E-state index contributed by atoms with van der Waals surface area (Å²) in [5.41, 5.74) is 2.39. The van der Waals surface area contributed by atoms with Crippen molar-refractivity contribution < 1.29 is 9.47 Å². The lowest BCUT2D eigenvalue weighted by Crippen LogP contribution is -2.28. The van der Waals surface area contributed by atoms with Crippen molar-refractivity contribution in [2.24, 2.45) is 0 Å². The van der Waals surface area contributed by atoms with Crippen LogP contribution in [0.2, 0.25) is 0 Å². The van der Waals surface area contributed by atoms with Crippen LogP contribution in [-0.4, -0.2) is 20.0 Å². The van der Waals surface area contributed by atoms with Crippen LogP contribution in [0.5, 0.6) is 11.5 Å². The van der Waals surface area contributed by atoms with Crippen LogP contribution in [-0.2, 0) is 4.75 Å². The monoisotopic (exact) mass is 238 g/mol. The molecule has 0 radical (unpaired) electrons. The van der Waals surface area contributed by atoms with E-state index in [1.807, 2.05) is 24.8 Å². The average molecular weight is 238 g/mol. The molecule has 88 valence electrons. The molecule has 16 heavy (non-hydrogen) atoms. The molecule has 0 bridgehead atoms. The minimum atomic E-state index is 0.225. The summed E-state index contributed by atoms with van der Waals surface area (Å²) in [4.78, 5) is 0. The van der Waals surface area contributed by atoms with E-state index < -0.39 is 0 Å². The molecule has 0 N–H and O–H groups in total. The highest BCUT2D eigenvalue weighted by Gasteiger charge is 2.37. The van der Waals surface area contributed by atoms with Gasteiger partial charge in [-0.1, -0.05) is 6.07 Å². The number of hydrogen-bond acceptors (Lipinski definition) is 3.